The second-order valence-electron chi connectivity index (χ2n) is 5.29. The fourth-order valence-electron chi connectivity index (χ4n) is 2.19. The molecular formula is C16H21N5O2. The van der Waals surface area contributed by atoms with Gasteiger partial charge in [-0.05, 0) is 18.9 Å². The van der Waals surface area contributed by atoms with E-state index in [1.54, 1.807) is 14.0 Å². The van der Waals surface area contributed by atoms with Crippen LogP contribution in [0.3, 0.4) is 0 Å². The van der Waals surface area contributed by atoms with Gasteiger partial charge in [-0.3, -0.25) is 19.6 Å². The van der Waals surface area contributed by atoms with Crippen molar-refractivity contribution in [2.24, 2.45) is 7.05 Å². The third kappa shape index (κ3) is 4.38. The number of aromatic nitrogens is 3. The lowest BCUT2D eigenvalue weighted by atomic mass is 10.0. The lowest BCUT2D eigenvalue weighted by Crippen LogP contribution is -2.38. The Morgan fingerprint density at radius 3 is 2.48 bits per heavy atom. The summed E-state index contributed by atoms with van der Waals surface area (Å²) in [6.07, 6.45) is 1.65. The molecule has 0 aliphatic rings. The Hall–Kier alpha value is -2.70. The monoisotopic (exact) mass is 315 g/mol. The molecule has 7 nitrogen and oxygen atoms in total. The van der Waals surface area contributed by atoms with E-state index < -0.39 is 11.8 Å². The average molecular weight is 315 g/mol. The van der Waals surface area contributed by atoms with Crippen LogP contribution in [-0.4, -0.2) is 26.6 Å². The van der Waals surface area contributed by atoms with Crippen LogP contribution >= 0.6 is 0 Å². The van der Waals surface area contributed by atoms with E-state index in [-0.39, 0.29) is 12.0 Å². The summed E-state index contributed by atoms with van der Waals surface area (Å²) in [5.41, 5.74) is 0.974. The van der Waals surface area contributed by atoms with Crippen molar-refractivity contribution >= 4 is 17.8 Å². The van der Waals surface area contributed by atoms with Crippen LogP contribution in [0.5, 0.6) is 0 Å². The summed E-state index contributed by atoms with van der Waals surface area (Å²) in [6.45, 7) is 3.79. The number of hydrogen-bond donors (Lipinski definition) is 2. The largest absolute Gasteiger partial charge is 0.341 e. The summed E-state index contributed by atoms with van der Waals surface area (Å²) in [5, 5.41) is 9.17. The summed E-state index contributed by atoms with van der Waals surface area (Å²) in [6, 6.07) is 9.40. The molecule has 0 bridgehead atoms. The minimum Gasteiger partial charge on any atom is -0.341 e. The molecule has 1 aromatic heterocycles. The zero-order valence-corrected chi connectivity index (χ0v) is 13.5. The number of carbonyl (C=O) groups excluding carboxylic acids is 2. The van der Waals surface area contributed by atoms with E-state index in [9.17, 15) is 9.59 Å². The number of amides is 2. The zero-order chi connectivity index (χ0) is 16.8. The van der Waals surface area contributed by atoms with Crippen molar-refractivity contribution in [3.05, 3.63) is 41.7 Å². The first-order valence-electron chi connectivity index (χ1n) is 7.55. The first-order valence-corrected chi connectivity index (χ1v) is 7.55. The Morgan fingerprint density at radius 1 is 1.22 bits per heavy atom. The van der Waals surface area contributed by atoms with Gasteiger partial charge in [-0.25, -0.2) is 0 Å². The molecule has 0 saturated heterocycles. The van der Waals surface area contributed by atoms with E-state index in [4.69, 9.17) is 0 Å². The van der Waals surface area contributed by atoms with Gasteiger partial charge in [0.15, 0.2) is 0 Å². The highest BCUT2D eigenvalue weighted by Crippen LogP contribution is 2.17. The molecule has 1 unspecified atom stereocenters. The van der Waals surface area contributed by atoms with E-state index in [0.29, 0.717) is 5.82 Å². The molecule has 2 aromatic rings. The zero-order valence-electron chi connectivity index (χ0n) is 13.5. The van der Waals surface area contributed by atoms with Crippen LogP contribution in [0.2, 0.25) is 0 Å². The van der Waals surface area contributed by atoms with Crippen LogP contribution in [0, 0.1) is 6.92 Å². The van der Waals surface area contributed by atoms with Gasteiger partial charge in [0.25, 0.3) is 0 Å². The smallest absolute Gasteiger partial charge is 0.316 e. The average Bonchev–Trinajstić information content (AvgIpc) is 2.85. The number of nitrogens with zero attached hydrogens (tertiary/aromatic N) is 3. The lowest BCUT2D eigenvalue weighted by Gasteiger charge is -2.18. The minimum absolute atomic E-state index is 0.122. The lowest BCUT2D eigenvalue weighted by molar-refractivity contribution is -0.136. The van der Waals surface area contributed by atoms with Gasteiger partial charge in [0.05, 0.1) is 6.04 Å². The maximum atomic E-state index is 12.1. The number of rotatable bonds is 5. The molecule has 2 rings (SSSR count). The van der Waals surface area contributed by atoms with Crippen molar-refractivity contribution in [3.63, 3.8) is 0 Å². The normalized spacial score (nSPS) is 11.8. The molecule has 0 saturated carbocycles. The summed E-state index contributed by atoms with van der Waals surface area (Å²) in [7, 11) is 1.71. The van der Waals surface area contributed by atoms with Crippen molar-refractivity contribution < 1.29 is 9.59 Å². The summed E-state index contributed by atoms with van der Waals surface area (Å²) < 4.78 is 1.53. The van der Waals surface area contributed by atoms with Gasteiger partial charge in [-0.15, -0.1) is 5.10 Å². The second-order valence-corrected chi connectivity index (χ2v) is 5.29. The molecule has 2 N–H and O–H groups in total. The van der Waals surface area contributed by atoms with Crippen LogP contribution in [-0.2, 0) is 16.6 Å². The fraction of sp³-hybridized carbons (Fsp3) is 0.375. The Balaban J connectivity index is 2.02. The van der Waals surface area contributed by atoms with E-state index in [1.165, 1.54) is 4.68 Å². The number of benzene rings is 1. The predicted octanol–water partition coefficient (Wildman–Crippen LogP) is 1.72. The van der Waals surface area contributed by atoms with Crippen LogP contribution in [0.4, 0.5) is 5.95 Å². The second kappa shape index (κ2) is 7.53. The number of hydrogen-bond acceptors (Lipinski definition) is 4. The first-order chi connectivity index (χ1) is 11.0. The maximum absolute atomic E-state index is 12.1. The van der Waals surface area contributed by atoms with Gasteiger partial charge in [0, 0.05) is 7.05 Å². The molecule has 0 fully saturated rings. The van der Waals surface area contributed by atoms with Crippen molar-refractivity contribution in [3.8, 4) is 0 Å². The molecule has 23 heavy (non-hydrogen) atoms. The molecule has 2 amide bonds. The van der Waals surface area contributed by atoms with Crippen LogP contribution < -0.4 is 10.6 Å². The number of nitrogens with one attached hydrogen (secondary N) is 2. The number of anilines is 1. The minimum atomic E-state index is -0.771. The standard InChI is InChI=1S/C16H21N5O2/c1-4-8-13(12-9-6-5-7-10-12)18-14(22)15(23)19-16-17-11(2)21(3)20-16/h5-7,9-10,13H,4,8H2,1-3H3,(H,18,22)(H,19,20,23). The van der Waals surface area contributed by atoms with Crippen molar-refractivity contribution in [2.45, 2.75) is 32.7 Å². The van der Waals surface area contributed by atoms with Gasteiger partial charge in [-0.1, -0.05) is 43.7 Å². The highest BCUT2D eigenvalue weighted by atomic mass is 16.2. The van der Waals surface area contributed by atoms with Gasteiger partial charge >= 0.3 is 11.8 Å². The molecule has 0 aliphatic heterocycles. The maximum Gasteiger partial charge on any atom is 0.316 e. The Morgan fingerprint density at radius 2 is 1.91 bits per heavy atom. The fourth-order valence-corrected chi connectivity index (χ4v) is 2.19. The Kier molecular flexibility index (Phi) is 5.46. The molecule has 0 radical (unpaired) electrons. The molecule has 122 valence electrons. The van der Waals surface area contributed by atoms with E-state index in [2.05, 4.69) is 20.7 Å². The van der Waals surface area contributed by atoms with Crippen molar-refractivity contribution in [2.75, 3.05) is 5.32 Å². The Labute approximate surface area is 135 Å². The molecule has 0 spiro atoms. The van der Waals surface area contributed by atoms with Gasteiger partial charge in [0.1, 0.15) is 5.82 Å². The van der Waals surface area contributed by atoms with Gasteiger partial charge in [-0.2, -0.15) is 4.98 Å². The van der Waals surface area contributed by atoms with E-state index in [0.717, 1.165) is 18.4 Å². The summed E-state index contributed by atoms with van der Waals surface area (Å²) in [5.74, 6) is -0.698. The van der Waals surface area contributed by atoms with Crippen molar-refractivity contribution in [1.82, 2.24) is 20.1 Å². The molecule has 1 atom stereocenters. The van der Waals surface area contributed by atoms with Gasteiger partial charge in [0.2, 0.25) is 5.95 Å². The Bertz CT molecular complexity index is 662. The SMILES string of the molecule is CCCC(NC(=O)C(=O)Nc1nc(C)n(C)n1)c1ccccc1. The molecule has 0 aliphatic carbocycles. The summed E-state index contributed by atoms with van der Waals surface area (Å²) in [4.78, 5) is 28.1. The number of aryl methyl sites for hydroxylation is 2. The predicted molar refractivity (Wildman–Crippen MR) is 86.6 cm³/mol. The molecule has 1 heterocycles. The highest BCUT2D eigenvalue weighted by molar-refractivity contribution is 6.39. The van der Waals surface area contributed by atoms with E-state index >= 15 is 0 Å². The molecular weight excluding hydrogens is 294 g/mol. The molecule has 1 aromatic carbocycles. The first kappa shape index (κ1) is 16.7. The van der Waals surface area contributed by atoms with E-state index in [1.807, 2.05) is 37.3 Å². The molecule has 7 heteroatoms. The van der Waals surface area contributed by atoms with Gasteiger partial charge < -0.3 is 5.32 Å². The third-order valence-corrected chi connectivity index (χ3v) is 3.50. The summed E-state index contributed by atoms with van der Waals surface area (Å²) >= 11 is 0. The third-order valence-electron chi connectivity index (χ3n) is 3.50. The van der Waals surface area contributed by atoms with Crippen LogP contribution in [0.25, 0.3) is 0 Å². The quantitative estimate of drug-likeness (QED) is 0.822. The van der Waals surface area contributed by atoms with Crippen LogP contribution in [0.15, 0.2) is 30.3 Å². The number of carbonyl (C=O) groups is 2. The highest BCUT2D eigenvalue weighted by Gasteiger charge is 2.20. The van der Waals surface area contributed by atoms with Crippen molar-refractivity contribution in [1.29, 1.82) is 0 Å². The topological polar surface area (TPSA) is 88.9 Å². The van der Waals surface area contributed by atoms with Crippen LogP contribution in [0.1, 0.15) is 37.2 Å².